The number of hydrogen-bond acceptors (Lipinski definition) is 5. The number of nitrogens with one attached hydrogen (secondary N) is 2. The standard InChI is InChI=1S/C15H19N5O3S/c1-2-24(22,23)19-12-6-14-13(9-18-20(14)10-12)15(21)17-8-11-4-3-5-16-7-11/h3-5,7,9,12,19H,2,6,8,10H2,1H3,(H,17,21)/t12-/m0/s1. The van der Waals surface area contributed by atoms with Gasteiger partial charge in [-0.1, -0.05) is 6.07 Å². The zero-order chi connectivity index (χ0) is 17.2. The summed E-state index contributed by atoms with van der Waals surface area (Å²) < 4.78 is 27.7. The third-order valence-electron chi connectivity index (χ3n) is 3.93. The molecule has 1 aliphatic heterocycles. The smallest absolute Gasteiger partial charge is 0.255 e. The Hall–Kier alpha value is -2.26. The Balaban J connectivity index is 1.65. The molecule has 9 heteroatoms. The molecule has 0 bridgehead atoms. The van der Waals surface area contributed by atoms with E-state index >= 15 is 0 Å². The number of rotatable bonds is 6. The van der Waals surface area contributed by atoms with E-state index in [4.69, 9.17) is 0 Å². The Labute approximate surface area is 140 Å². The van der Waals surface area contributed by atoms with Crippen molar-refractivity contribution in [2.45, 2.75) is 32.5 Å². The van der Waals surface area contributed by atoms with Gasteiger partial charge in [-0.2, -0.15) is 5.10 Å². The molecule has 1 atom stereocenters. The molecule has 2 aromatic rings. The summed E-state index contributed by atoms with van der Waals surface area (Å²) in [5, 5.41) is 7.02. The minimum absolute atomic E-state index is 0.0320. The van der Waals surface area contributed by atoms with Crippen LogP contribution in [0.3, 0.4) is 0 Å². The van der Waals surface area contributed by atoms with E-state index in [0.717, 1.165) is 11.3 Å². The van der Waals surface area contributed by atoms with Crippen molar-refractivity contribution in [2.75, 3.05) is 5.75 Å². The molecule has 0 saturated carbocycles. The highest BCUT2D eigenvalue weighted by Crippen LogP contribution is 2.19. The molecule has 0 spiro atoms. The highest BCUT2D eigenvalue weighted by molar-refractivity contribution is 7.89. The van der Waals surface area contributed by atoms with E-state index in [-0.39, 0.29) is 17.7 Å². The van der Waals surface area contributed by atoms with Gasteiger partial charge in [-0.15, -0.1) is 0 Å². The van der Waals surface area contributed by atoms with Crippen LogP contribution in [0.4, 0.5) is 0 Å². The van der Waals surface area contributed by atoms with Gasteiger partial charge in [0.2, 0.25) is 10.0 Å². The summed E-state index contributed by atoms with van der Waals surface area (Å²) in [7, 11) is -3.28. The first-order valence-corrected chi connectivity index (χ1v) is 9.35. The van der Waals surface area contributed by atoms with Crippen molar-refractivity contribution < 1.29 is 13.2 Å². The van der Waals surface area contributed by atoms with Gasteiger partial charge in [0.25, 0.3) is 5.91 Å². The predicted molar refractivity (Wildman–Crippen MR) is 87.7 cm³/mol. The first kappa shape index (κ1) is 16.6. The summed E-state index contributed by atoms with van der Waals surface area (Å²) in [6.45, 7) is 2.40. The summed E-state index contributed by atoms with van der Waals surface area (Å²) >= 11 is 0. The quantitative estimate of drug-likeness (QED) is 0.768. The normalized spacial score (nSPS) is 16.8. The Morgan fingerprint density at radius 2 is 2.25 bits per heavy atom. The maximum atomic E-state index is 12.4. The minimum Gasteiger partial charge on any atom is -0.348 e. The summed E-state index contributed by atoms with van der Waals surface area (Å²) in [4.78, 5) is 16.4. The average Bonchev–Trinajstić information content (AvgIpc) is 3.13. The van der Waals surface area contributed by atoms with E-state index in [1.807, 2.05) is 12.1 Å². The molecule has 0 unspecified atom stereocenters. The first-order valence-electron chi connectivity index (χ1n) is 7.70. The van der Waals surface area contributed by atoms with Gasteiger partial charge in [0, 0.05) is 31.4 Å². The second-order valence-electron chi connectivity index (χ2n) is 5.65. The lowest BCUT2D eigenvalue weighted by molar-refractivity contribution is 0.0950. The fraction of sp³-hybridized carbons (Fsp3) is 0.400. The maximum absolute atomic E-state index is 12.4. The van der Waals surface area contributed by atoms with Gasteiger partial charge in [0.15, 0.2) is 0 Å². The summed E-state index contributed by atoms with van der Waals surface area (Å²) in [5.41, 5.74) is 2.14. The lowest BCUT2D eigenvalue weighted by Gasteiger charge is -2.10. The van der Waals surface area contributed by atoms with E-state index in [0.29, 0.717) is 25.1 Å². The first-order chi connectivity index (χ1) is 11.5. The lowest BCUT2D eigenvalue weighted by atomic mass is 10.1. The number of aromatic nitrogens is 3. The van der Waals surface area contributed by atoms with Gasteiger partial charge >= 0.3 is 0 Å². The van der Waals surface area contributed by atoms with E-state index < -0.39 is 10.0 Å². The van der Waals surface area contributed by atoms with Crippen molar-refractivity contribution in [1.29, 1.82) is 0 Å². The molecule has 0 radical (unpaired) electrons. The SMILES string of the molecule is CCS(=O)(=O)N[C@H]1Cc2c(C(=O)NCc3cccnc3)cnn2C1. The Morgan fingerprint density at radius 1 is 1.42 bits per heavy atom. The number of amides is 1. The van der Waals surface area contributed by atoms with Crippen LogP contribution in [0.1, 0.15) is 28.5 Å². The highest BCUT2D eigenvalue weighted by atomic mass is 32.2. The zero-order valence-electron chi connectivity index (χ0n) is 13.3. The molecule has 1 amide bonds. The molecule has 2 aromatic heterocycles. The molecular formula is C15H19N5O3S. The number of carbonyl (C=O) groups is 1. The van der Waals surface area contributed by atoms with Crippen molar-refractivity contribution in [3.8, 4) is 0 Å². The molecule has 2 N–H and O–H groups in total. The Morgan fingerprint density at radius 3 is 2.96 bits per heavy atom. The summed E-state index contributed by atoms with van der Waals surface area (Å²) in [6.07, 6.45) is 5.35. The number of carbonyl (C=O) groups excluding carboxylic acids is 1. The van der Waals surface area contributed by atoms with Crippen LogP contribution in [0.5, 0.6) is 0 Å². The van der Waals surface area contributed by atoms with Crippen molar-refractivity contribution in [3.05, 3.63) is 47.5 Å². The highest BCUT2D eigenvalue weighted by Gasteiger charge is 2.29. The van der Waals surface area contributed by atoms with Gasteiger partial charge in [-0.25, -0.2) is 13.1 Å². The van der Waals surface area contributed by atoms with Gasteiger partial charge in [0.05, 0.1) is 29.8 Å². The van der Waals surface area contributed by atoms with E-state index in [2.05, 4.69) is 20.1 Å². The third-order valence-corrected chi connectivity index (χ3v) is 5.38. The predicted octanol–water partition coefficient (Wildman–Crippen LogP) is 0.0721. The van der Waals surface area contributed by atoms with Crippen LogP contribution in [0.25, 0.3) is 0 Å². The van der Waals surface area contributed by atoms with Crippen LogP contribution < -0.4 is 10.0 Å². The maximum Gasteiger partial charge on any atom is 0.255 e. The van der Waals surface area contributed by atoms with Crippen molar-refractivity contribution in [2.24, 2.45) is 0 Å². The fourth-order valence-electron chi connectivity index (χ4n) is 2.68. The van der Waals surface area contributed by atoms with Crippen LogP contribution in [-0.4, -0.2) is 40.9 Å². The average molecular weight is 349 g/mol. The van der Waals surface area contributed by atoms with Crippen LogP contribution in [0, 0.1) is 0 Å². The van der Waals surface area contributed by atoms with Gasteiger partial charge < -0.3 is 5.32 Å². The lowest BCUT2D eigenvalue weighted by Crippen LogP contribution is -2.37. The van der Waals surface area contributed by atoms with Crippen molar-refractivity contribution in [1.82, 2.24) is 24.8 Å². The van der Waals surface area contributed by atoms with E-state index in [1.165, 1.54) is 6.20 Å². The molecule has 3 rings (SSSR count). The van der Waals surface area contributed by atoms with Crippen molar-refractivity contribution >= 4 is 15.9 Å². The van der Waals surface area contributed by atoms with Gasteiger partial charge in [0.1, 0.15) is 0 Å². The summed E-state index contributed by atoms with van der Waals surface area (Å²) in [5.74, 6) is -0.191. The molecule has 0 fully saturated rings. The molecular weight excluding hydrogens is 330 g/mol. The second kappa shape index (κ2) is 6.70. The van der Waals surface area contributed by atoms with Crippen molar-refractivity contribution in [3.63, 3.8) is 0 Å². The largest absolute Gasteiger partial charge is 0.348 e. The van der Waals surface area contributed by atoms with Gasteiger partial charge in [-0.3, -0.25) is 14.5 Å². The number of pyridine rings is 1. The summed E-state index contributed by atoms with van der Waals surface area (Å²) in [6, 6.07) is 3.43. The number of hydrogen-bond donors (Lipinski definition) is 2. The molecule has 0 aliphatic carbocycles. The van der Waals surface area contributed by atoms with Crippen LogP contribution >= 0.6 is 0 Å². The van der Waals surface area contributed by atoms with Crippen LogP contribution in [0.2, 0.25) is 0 Å². The Bertz CT molecular complexity index is 832. The topological polar surface area (TPSA) is 106 Å². The van der Waals surface area contributed by atoms with E-state index in [1.54, 1.807) is 24.0 Å². The van der Waals surface area contributed by atoms with Crippen LogP contribution in [-0.2, 0) is 29.5 Å². The monoisotopic (exact) mass is 349 g/mol. The molecule has 8 nitrogen and oxygen atoms in total. The number of nitrogens with zero attached hydrogens (tertiary/aromatic N) is 3. The second-order valence-corrected chi connectivity index (χ2v) is 7.70. The zero-order valence-corrected chi connectivity index (χ0v) is 14.1. The fourth-order valence-corrected chi connectivity index (χ4v) is 3.51. The molecule has 0 saturated heterocycles. The molecule has 1 aliphatic rings. The molecule has 3 heterocycles. The molecule has 128 valence electrons. The molecule has 24 heavy (non-hydrogen) atoms. The Kier molecular flexibility index (Phi) is 4.63. The molecule has 0 aromatic carbocycles. The number of sulfonamides is 1. The van der Waals surface area contributed by atoms with E-state index in [9.17, 15) is 13.2 Å². The minimum atomic E-state index is -3.28. The van der Waals surface area contributed by atoms with Gasteiger partial charge in [-0.05, 0) is 18.6 Å². The third kappa shape index (κ3) is 3.62. The number of fused-ring (bicyclic) bond motifs is 1. The van der Waals surface area contributed by atoms with Crippen LogP contribution in [0.15, 0.2) is 30.7 Å².